The van der Waals surface area contributed by atoms with Crippen LogP contribution in [0.2, 0.25) is 0 Å². The number of nitrogens with two attached hydrogens (primary N) is 1. The summed E-state index contributed by atoms with van der Waals surface area (Å²) >= 11 is 0. The molecule has 0 radical (unpaired) electrons. The second-order valence-electron chi connectivity index (χ2n) is 5.35. The number of carbonyl (C=O) groups excluding carboxylic acids is 1. The Hall–Kier alpha value is -0.570. The van der Waals surface area contributed by atoms with Gasteiger partial charge in [-0.25, -0.2) is 0 Å². The van der Waals surface area contributed by atoms with E-state index in [9.17, 15) is 4.79 Å². The Labute approximate surface area is 106 Å². The standard InChI is InChI=1S/C14H28N2O/c1-4-11(3)16(5-2)14(17)10-12-8-6-7-9-13(12)15/h11-13H,4-10,15H2,1-3H3. The van der Waals surface area contributed by atoms with Gasteiger partial charge in [0, 0.05) is 25.0 Å². The zero-order valence-corrected chi connectivity index (χ0v) is 11.6. The predicted molar refractivity (Wildman–Crippen MR) is 71.7 cm³/mol. The molecule has 3 atom stereocenters. The monoisotopic (exact) mass is 240 g/mol. The third-order valence-corrected chi connectivity index (χ3v) is 4.19. The van der Waals surface area contributed by atoms with Crippen LogP contribution in [0.4, 0.5) is 0 Å². The highest BCUT2D eigenvalue weighted by Crippen LogP contribution is 2.26. The summed E-state index contributed by atoms with van der Waals surface area (Å²) in [6, 6.07) is 0.593. The molecule has 1 amide bonds. The molecule has 1 fully saturated rings. The number of hydrogen-bond donors (Lipinski definition) is 1. The fourth-order valence-electron chi connectivity index (χ4n) is 2.79. The van der Waals surface area contributed by atoms with E-state index in [1.54, 1.807) is 0 Å². The maximum Gasteiger partial charge on any atom is 0.223 e. The van der Waals surface area contributed by atoms with Gasteiger partial charge in [0.1, 0.15) is 0 Å². The van der Waals surface area contributed by atoms with Gasteiger partial charge >= 0.3 is 0 Å². The predicted octanol–water partition coefficient (Wildman–Crippen LogP) is 2.54. The first-order chi connectivity index (χ1) is 8.10. The fourth-order valence-corrected chi connectivity index (χ4v) is 2.79. The second kappa shape index (κ2) is 7.00. The van der Waals surface area contributed by atoms with Crippen molar-refractivity contribution in [3.63, 3.8) is 0 Å². The Bertz CT molecular complexity index is 242. The van der Waals surface area contributed by atoms with Crippen LogP contribution in [0.15, 0.2) is 0 Å². The van der Waals surface area contributed by atoms with Gasteiger partial charge < -0.3 is 10.6 Å². The molecular weight excluding hydrogens is 212 g/mol. The third-order valence-electron chi connectivity index (χ3n) is 4.19. The van der Waals surface area contributed by atoms with Crippen LogP contribution >= 0.6 is 0 Å². The summed E-state index contributed by atoms with van der Waals surface area (Å²) in [6.45, 7) is 7.13. The summed E-state index contributed by atoms with van der Waals surface area (Å²) in [5.41, 5.74) is 6.11. The van der Waals surface area contributed by atoms with Crippen LogP contribution in [0.1, 0.15) is 59.3 Å². The molecule has 1 aliphatic carbocycles. The zero-order valence-electron chi connectivity index (χ0n) is 11.6. The number of rotatable bonds is 5. The van der Waals surface area contributed by atoms with E-state index in [1.807, 2.05) is 4.90 Å². The van der Waals surface area contributed by atoms with Gasteiger partial charge in [-0.15, -0.1) is 0 Å². The maximum absolute atomic E-state index is 12.3. The number of amides is 1. The molecule has 1 aliphatic rings. The quantitative estimate of drug-likeness (QED) is 0.802. The number of hydrogen-bond acceptors (Lipinski definition) is 2. The van der Waals surface area contributed by atoms with E-state index in [2.05, 4.69) is 20.8 Å². The molecule has 0 saturated heterocycles. The first-order valence-corrected chi connectivity index (χ1v) is 7.15. The summed E-state index contributed by atoms with van der Waals surface area (Å²) < 4.78 is 0. The zero-order chi connectivity index (χ0) is 12.8. The average molecular weight is 240 g/mol. The van der Waals surface area contributed by atoms with Crippen LogP contribution in [0.5, 0.6) is 0 Å². The lowest BCUT2D eigenvalue weighted by atomic mass is 9.82. The summed E-state index contributed by atoms with van der Waals surface area (Å²) in [4.78, 5) is 14.3. The van der Waals surface area contributed by atoms with Crippen LogP contribution in [-0.4, -0.2) is 29.4 Å². The molecule has 1 saturated carbocycles. The molecule has 1 rings (SSSR count). The minimum absolute atomic E-state index is 0.239. The Kier molecular flexibility index (Phi) is 5.96. The van der Waals surface area contributed by atoms with Gasteiger partial charge in [0.2, 0.25) is 5.91 Å². The van der Waals surface area contributed by atoms with Crippen LogP contribution in [0.3, 0.4) is 0 Å². The highest BCUT2D eigenvalue weighted by atomic mass is 16.2. The number of nitrogens with zero attached hydrogens (tertiary/aromatic N) is 1. The van der Waals surface area contributed by atoms with Crippen molar-refractivity contribution in [2.75, 3.05) is 6.54 Å². The molecule has 0 bridgehead atoms. The molecule has 0 aromatic rings. The van der Waals surface area contributed by atoms with Crippen molar-refractivity contribution in [1.29, 1.82) is 0 Å². The normalized spacial score (nSPS) is 26.6. The molecule has 0 heterocycles. The van der Waals surface area contributed by atoms with Gasteiger partial charge in [-0.1, -0.05) is 19.8 Å². The van der Waals surface area contributed by atoms with Crippen molar-refractivity contribution in [1.82, 2.24) is 4.90 Å². The molecule has 0 spiro atoms. The van der Waals surface area contributed by atoms with Crippen LogP contribution in [0.25, 0.3) is 0 Å². The molecule has 100 valence electrons. The lowest BCUT2D eigenvalue weighted by Gasteiger charge is -2.32. The van der Waals surface area contributed by atoms with Crippen molar-refractivity contribution in [2.24, 2.45) is 11.7 Å². The Balaban J connectivity index is 2.51. The lowest BCUT2D eigenvalue weighted by molar-refractivity contribution is -0.134. The molecule has 17 heavy (non-hydrogen) atoms. The molecule has 3 unspecified atom stereocenters. The van der Waals surface area contributed by atoms with Crippen molar-refractivity contribution in [3.8, 4) is 0 Å². The van der Waals surface area contributed by atoms with E-state index < -0.39 is 0 Å². The summed E-state index contributed by atoms with van der Waals surface area (Å²) in [5, 5.41) is 0. The Morgan fingerprint density at radius 3 is 2.53 bits per heavy atom. The molecule has 0 aromatic heterocycles. The molecule has 3 nitrogen and oxygen atoms in total. The molecule has 3 heteroatoms. The maximum atomic E-state index is 12.3. The first-order valence-electron chi connectivity index (χ1n) is 7.15. The Morgan fingerprint density at radius 1 is 1.35 bits per heavy atom. The average Bonchev–Trinajstić information content (AvgIpc) is 2.32. The molecule has 0 aliphatic heterocycles. The van der Waals surface area contributed by atoms with Crippen LogP contribution in [0, 0.1) is 5.92 Å². The first kappa shape index (κ1) is 14.5. The second-order valence-corrected chi connectivity index (χ2v) is 5.35. The minimum Gasteiger partial charge on any atom is -0.340 e. The molecule has 2 N–H and O–H groups in total. The fraction of sp³-hybridized carbons (Fsp3) is 0.929. The van der Waals surface area contributed by atoms with E-state index >= 15 is 0 Å². The van der Waals surface area contributed by atoms with Crippen LogP contribution < -0.4 is 5.73 Å². The van der Waals surface area contributed by atoms with Gasteiger partial charge in [0.25, 0.3) is 0 Å². The largest absolute Gasteiger partial charge is 0.340 e. The van der Waals surface area contributed by atoms with Crippen molar-refractivity contribution in [2.45, 2.75) is 71.4 Å². The van der Waals surface area contributed by atoms with E-state index in [0.717, 1.165) is 25.8 Å². The van der Waals surface area contributed by atoms with E-state index in [4.69, 9.17) is 5.73 Å². The SMILES string of the molecule is CCC(C)N(CC)C(=O)CC1CCCCC1N. The molecular formula is C14H28N2O. The van der Waals surface area contributed by atoms with Gasteiger partial charge in [-0.05, 0) is 39.0 Å². The van der Waals surface area contributed by atoms with E-state index in [0.29, 0.717) is 24.3 Å². The van der Waals surface area contributed by atoms with Crippen LogP contribution in [-0.2, 0) is 4.79 Å². The highest BCUT2D eigenvalue weighted by Gasteiger charge is 2.27. The third kappa shape index (κ3) is 3.98. The smallest absolute Gasteiger partial charge is 0.223 e. The van der Waals surface area contributed by atoms with Gasteiger partial charge in [0.05, 0.1) is 0 Å². The van der Waals surface area contributed by atoms with E-state index in [-0.39, 0.29) is 6.04 Å². The number of carbonyl (C=O) groups is 1. The van der Waals surface area contributed by atoms with Crippen molar-refractivity contribution >= 4 is 5.91 Å². The van der Waals surface area contributed by atoms with Gasteiger partial charge in [0.15, 0.2) is 0 Å². The topological polar surface area (TPSA) is 46.3 Å². The lowest BCUT2D eigenvalue weighted by Crippen LogP contribution is -2.42. The summed E-state index contributed by atoms with van der Waals surface area (Å²) in [5.74, 6) is 0.707. The van der Waals surface area contributed by atoms with Crippen molar-refractivity contribution in [3.05, 3.63) is 0 Å². The Morgan fingerprint density at radius 2 is 2.00 bits per heavy atom. The van der Waals surface area contributed by atoms with Gasteiger partial charge in [-0.2, -0.15) is 0 Å². The van der Waals surface area contributed by atoms with E-state index in [1.165, 1.54) is 12.8 Å². The van der Waals surface area contributed by atoms with Crippen molar-refractivity contribution < 1.29 is 4.79 Å². The van der Waals surface area contributed by atoms with Gasteiger partial charge in [-0.3, -0.25) is 4.79 Å². The minimum atomic E-state index is 0.239. The highest BCUT2D eigenvalue weighted by molar-refractivity contribution is 5.76. The summed E-state index contributed by atoms with van der Waals surface area (Å²) in [6.07, 6.45) is 6.36. The summed E-state index contributed by atoms with van der Waals surface area (Å²) in [7, 11) is 0. The molecule has 0 aromatic carbocycles.